The van der Waals surface area contributed by atoms with Crippen molar-refractivity contribution >= 4 is 5.91 Å². The highest BCUT2D eigenvalue weighted by Crippen LogP contribution is 2.22. The van der Waals surface area contributed by atoms with E-state index in [1.165, 1.54) is 6.33 Å². The van der Waals surface area contributed by atoms with E-state index in [0.717, 1.165) is 30.5 Å². The number of ether oxygens (including phenoxy) is 1. The van der Waals surface area contributed by atoms with Gasteiger partial charge in [0.25, 0.3) is 0 Å². The average Bonchev–Trinajstić information content (AvgIpc) is 3.06. The van der Waals surface area contributed by atoms with Gasteiger partial charge in [-0.05, 0) is 56.3 Å². The van der Waals surface area contributed by atoms with E-state index in [-0.39, 0.29) is 11.9 Å². The maximum atomic E-state index is 12.1. The van der Waals surface area contributed by atoms with Gasteiger partial charge in [0.15, 0.2) is 0 Å². The van der Waals surface area contributed by atoms with E-state index in [1.54, 1.807) is 18.5 Å². The van der Waals surface area contributed by atoms with E-state index in [2.05, 4.69) is 26.3 Å². The highest BCUT2D eigenvalue weighted by molar-refractivity contribution is 5.81. The number of aromatic nitrogens is 2. The number of carbonyl (C=O) groups is 1. The molecule has 0 unspecified atom stereocenters. The molecule has 1 atom stereocenters. The van der Waals surface area contributed by atoms with Crippen molar-refractivity contribution in [2.45, 2.75) is 18.9 Å². The Labute approximate surface area is 141 Å². The maximum Gasteiger partial charge on any atom is 0.237 e. The van der Waals surface area contributed by atoms with Gasteiger partial charge in [0.05, 0.1) is 12.6 Å². The molecule has 1 saturated heterocycles. The number of likely N-dealkylation sites (N-methyl/N-ethyl adjacent to an activating group) is 1. The Morgan fingerprint density at radius 3 is 2.96 bits per heavy atom. The number of amides is 1. The van der Waals surface area contributed by atoms with Crippen molar-refractivity contribution in [3.05, 3.63) is 43.0 Å². The van der Waals surface area contributed by atoms with Crippen molar-refractivity contribution in [3.63, 3.8) is 0 Å². The van der Waals surface area contributed by atoms with Crippen LogP contribution in [0.15, 0.2) is 36.9 Å². The summed E-state index contributed by atoms with van der Waals surface area (Å²) in [5, 5.41) is 2.94. The molecule has 6 heteroatoms. The molecule has 1 radical (unpaired) electrons. The van der Waals surface area contributed by atoms with Crippen LogP contribution in [0.1, 0.15) is 12.8 Å². The SMILES string of the molecule is CN1CCC[C@H]1C(=O)NCCOc1c[c]cc(-c2cncnc2)c1. The first kappa shape index (κ1) is 16.4. The Kier molecular flexibility index (Phi) is 5.38. The molecule has 1 aromatic carbocycles. The van der Waals surface area contributed by atoms with Crippen molar-refractivity contribution in [1.29, 1.82) is 0 Å². The van der Waals surface area contributed by atoms with Crippen molar-refractivity contribution in [2.24, 2.45) is 0 Å². The minimum absolute atomic E-state index is 0.000239. The molecule has 2 aromatic rings. The first-order valence-corrected chi connectivity index (χ1v) is 8.11. The van der Waals surface area contributed by atoms with Gasteiger partial charge in [-0.2, -0.15) is 0 Å². The van der Waals surface area contributed by atoms with Crippen molar-refractivity contribution in [3.8, 4) is 16.9 Å². The summed E-state index contributed by atoms with van der Waals surface area (Å²) in [6.07, 6.45) is 7.00. The topological polar surface area (TPSA) is 67.4 Å². The molecular weight excluding hydrogens is 304 g/mol. The molecule has 0 spiro atoms. The lowest BCUT2D eigenvalue weighted by Crippen LogP contribution is -2.42. The van der Waals surface area contributed by atoms with Crippen LogP contribution >= 0.6 is 0 Å². The third-order valence-electron chi connectivity index (χ3n) is 4.15. The van der Waals surface area contributed by atoms with Crippen LogP contribution in [0.3, 0.4) is 0 Å². The van der Waals surface area contributed by atoms with Crippen LogP contribution in [0.5, 0.6) is 5.75 Å². The van der Waals surface area contributed by atoms with E-state index < -0.39 is 0 Å². The van der Waals surface area contributed by atoms with Crippen LogP contribution in [0, 0.1) is 6.07 Å². The highest BCUT2D eigenvalue weighted by Gasteiger charge is 2.27. The van der Waals surface area contributed by atoms with Gasteiger partial charge in [-0.15, -0.1) is 0 Å². The summed E-state index contributed by atoms with van der Waals surface area (Å²) in [6.45, 7) is 1.90. The number of hydrogen-bond donors (Lipinski definition) is 1. The molecule has 3 rings (SSSR count). The van der Waals surface area contributed by atoms with Crippen LogP contribution in [0.25, 0.3) is 11.1 Å². The second-order valence-corrected chi connectivity index (χ2v) is 5.86. The van der Waals surface area contributed by atoms with E-state index in [4.69, 9.17) is 4.74 Å². The molecule has 1 aliphatic rings. The number of rotatable bonds is 6. The summed E-state index contributed by atoms with van der Waals surface area (Å²) in [7, 11) is 1.99. The van der Waals surface area contributed by atoms with Gasteiger partial charge >= 0.3 is 0 Å². The van der Waals surface area contributed by atoms with Crippen LogP contribution in [0.4, 0.5) is 0 Å². The number of benzene rings is 1. The van der Waals surface area contributed by atoms with Gasteiger partial charge in [-0.1, -0.05) is 0 Å². The summed E-state index contributed by atoms with van der Waals surface area (Å²) < 4.78 is 5.71. The average molecular weight is 325 g/mol. The van der Waals surface area contributed by atoms with Crippen LogP contribution in [-0.4, -0.2) is 53.6 Å². The molecule has 1 fully saturated rings. The lowest BCUT2D eigenvalue weighted by molar-refractivity contribution is -0.125. The molecule has 125 valence electrons. The van der Waals surface area contributed by atoms with E-state index in [0.29, 0.717) is 18.9 Å². The zero-order valence-corrected chi connectivity index (χ0v) is 13.7. The maximum absolute atomic E-state index is 12.1. The Bertz CT molecular complexity index is 678. The second kappa shape index (κ2) is 7.88. The molecule has 2 heterocycles. The summed E-state index contributed by atoms with van der Waals surface area (Å²) in [4.78, 5) is 22.2. The number of nitrogens with zero attached hydrogens (tertiary/aromatic N) is 3. The van der Waals surface area contributed by atoms with Crippen molar-refractivity contribution < 1.29 is 9.53 Å². The second-order valence-electron chi connectivity index (χ2n) is 5.86. The molecule has 6 nitrogen and oxygen atoms in total. The normalized spacial score (nSPS) is 17.6. The minimum Gasteiger partial charge on any atom is -0.492 e. The Morgan fingerprint density at radius 2 is 2.21 bits per heavy atom. The van der Waals surface area contributed by atoms with Gasteiger partial charge in [-0.3, -0.25) is 9.69 Å². The molecule has 24 heavy (non-hydrogen) atoms. The standard InChI is InChI=1S/C18H21N4O2/c1-22-8-3-6-17(22)18(23)21-7-9-24-16-5-2-4-14(10-16)15-11-19-13-20-12-15/h4-5,10-13,17H,3,6-9H2,1H3,(H,21,23)/t17-/m0/s1. The quantitative estimate of drug-likeness (QED) is 0.816. The van der Waals surface area contributed by atoms with E-state index >= 15 is 0 Å². The summed E-state index contributed by atoms with van der Waals surface area (Å²) in [5.41, 5.74) is 1.86. The van der Waals surface area contributed by atoms with Crippen LogP contribution in [0.2, 0.25) is 0 Å². The summed E-state index contributed by atoms with van der Waals surface area (Å²) in [5.74, 6) is 0.795. The van der Waals surface area contributed by atoms with E-state index in [9.17, 15) is 4.79 Å². The van der Waals surface area contributed by atoms with Gasteiger partial charge in [0.2, 0.25) is 5.91 Å². The highest BCUT2D eigenvalue weighted by atomic mass is 16.5. The van der Waals surface area contributed by atoms with Gasteiger partial charge < -0.3 is 10.1 Å². The molecule has 1 aromatic heterocycles. The fraction of sp³-hybridized carbons (Fsp3) is 0.389. The summed E-state index contributed by atoms with van der Waals surface area (Å²) in [6, 6.07) is 8.61. The predicted octanol–water partition coefficient (Wildman–Crippen LogP) is 1.53. The predicted molar refractivity (Wildman–Crippen MR) is 90.5 cm³/mol. The summed E-state index contributed by atoms with van der Waals surface area (Å²) >= 11 is 0. The molecule has 1 aliphatic heterocycles. The lowest BCUT2D eigenvalue weighted by atomic mass is 10.1. The molecule has 1 N–H and O–H groups in total. The zero-order valence-electron chi connectivity index (χ0n) is 13.7. The molecule has 1 amide bonds. The van der Waals surface area contributed by atoms with Gasteiger partial charge in [0.1, 0.15) is 18.7 Å². The first-order valence-electron chi connectivity index (χ1n) is 8.11. The first-order chi connectivity index (χ1) is 11.7. The Morgan fingerprint density at radius 1 is 1.38 bits per heavy atom. The molecular formula is C18H21N4O2. The number of carbonyl (C=O) groups excluding carboxylic acids is 1. The van der Waals surface area contributed by atoms with Gasteiger partial charge in [-0.25, -0.2) is 9.97 Å². The fourth-order valence-corrected chi connectivity index (χ4v) is 2.85. The van der Waals surface area contributed by atoms with Gasteiger partial charge in [0, 0.05) is 18.0 Å². The fourth-order valence-electron chi connectivity index (χ4n) is 2.85. The molecule has 0 bridgehead atoms. The number of nitrogens with one attached hydrogen (secondary N) is 1. The lowest BCUT2D eigenvalue weighted by Gasteiger charge is -2.18. The Hall–Kier alpha value is -2.47. The van der Waals surface area contributed by atoms with Crippen LogP contribution in [-0.2, 0) is 4.79 Å². The van der Waals surface area contributed by atoms with Crippen molar-refractivity contribution in [1.82, 2.24) is 20.2 Å². The third kappa shape index (κ3) is 4.08. The molecule has 0 aliphatic carbocycles. The van der Waals surface area contributed by atoms with Crippen molar-refractivity contribution in [2.75, 3.05) is 26.7 Å². The third-order valence-corrected chi connectivity index (χ3v) is 4.15. The van der Waals surface area contributed by atoms with Crippen LogP contribution < -0.4 is 10.1 Å². The minimum atomic E-state index is -0.000239. The molecule has 0 saturated carbocycles. The smallest absolute Gasteiger partial charge is 0.237 e. The largest absolute Gasteiger partial charge is 0.492 e. The number of likely N-dealkylation sites (tertiary alicyclic amines) is 1. The zero-order chi connectivity index (χ0) is 16.8. The van der Waals surface area contributed by atoms with E-state index in [1.807, 2.05) is 19.2 Å². The monoisotopic (exact) mass is 325 g/mol. The number of hydrogen-bond acceptors (Lipinski definition) is 5. The Balaban J connectivity index is 1.48.